The van der Waals surface area contributed by atoms with Crippen LogP contribution in [0.3, 0.4) is 0 Å². The van der Waals surface area contributed by atoms with Gasteiger partial charge in [0.1, 0.15) is 10.4 Å². The molecule has 0 radical (unpaired) electrons. The number of benzene rings is 2. The Hall–Kier alpha value is -2.42. The molecule has 0 aliphatic carbocycles. The van der Waals surface area contributed by atoms with Crippen molar-refractivity contribution in [3.8, 4) is 0 Å². The van der Waals surface area contributed by atoms with Crippen molar-refractivity contribution < 1.29 is 18.0 Å². The molecule has 0 bridgehead atoms. The summed E-state index contributed by atoms with van der Waals surface area (Å²) in [5, 5.41) is 2.96. The summed E-state index contributed by atoms with van der Waals surface area (Å²) in [4.78, 5) is 26.7. The molecule has 0 atom stereocenters. The first-order valence-corrected chi connectivity index (χ1v) is 11.1. The first-order valence-electron chi connectivity index (χ1n) is 9.26. The van der Waals surface area contributed by atoms with E-state index in [1.165, 1.54) is 21.3 Å². The van der Waals surface area contributed by atoms with Gasteiger partial charge in [0.2, 0.25) is 10.0 Å². The van der Waals surface area contributed by atoms with Crippen LogP contribution in [0.2, 0.25) is 5.02 Å². The molecular weight excluding hydrogens is 414 g/mol. The van der Waals surface area contributed by atoms with Crippen molar-refractivity contribution in [3.05, 3.63) is 65.2 Å². The molecule has 2 aromatic carbocycles. The van der Waals surface area contributed by atoms with Crippen molar-refractivity contribution in [2.45, 2.75) is 29.8 Å². The molecule has 1 spiro atoms. The minimum absolute atomic E-state index is 0.0464. The monoisotopic (exact) mass is 433 g/mol. The van der Waals surface area contributed by atoms with Crippen LogP contribution in [-0.2, 0) is 21.4 Å². The van der Waals surface area contributed by atoms with Crippen LogP contribution in [0.25, 0.3) is 0 Å². The molecule has 4 rings (SSSR count). The molecule has 2 aliphatic rings. The largest absolute Gasteiger partial charge is 0.325 e. The van der Waals surface area contributed by atoms with E-state index >= 15 is 0 Å². The number of amides is 3. The second kappa shape index (κ2) is 7.44. The quantitative estimate of drug-likeness (QED) is 0.751. The van der Waals surface area contributed by atoms with E-state index in [4.69, 9.17) is 11.6 Å². The second-order valence-corrected chi connectivity index (χ2v) is 9.54. The van der Waals surface area contributed by atoms with Gasteiger partial charge in [0.15, 0.2) is 0 Å². The molecular formula is C20H20ClN3O4S. The highest BCUT2D eigenvalue weighted by atomic mass is 35.5. The van der Waals surface area contributed by atoms with Gasteiger partial charge in [-0.25, -0.2) is 13.2 Å². The number of nitrogens with one attached hydrogen (secondary N) is 1. The van der Waals surface area contributed by atoms with Gasteiger partial charge in [-0.3, -0.25) is 9.69 Å². The Balaban J connectivity index is 1.49. The molecule has 29 heavy (non-hydrogen) atoms. The molecule has 2 heterocycles. The molecule has 152 valence electrons. The molecule has 2 saturated heterocycles. The third-order valence-electron chi connectivity index (χ3n) is 5.46. The molecule has 0 aromatic heterocycles. The maximum atomic E-state index is 13.0. The minimum Gasteiger partial charge on any atom is -0.323 e. The first-order chi connectivity index (χ1) is 13.8. The topological polar surface area (TPSA) is 86.8 Å². The van der Waals surface area contributed by atoms with Crippen LogP contribution < -0.4 is 5.32 Å². The van der Waals surface area contributed by atoms with Crippen LogP contribution in [-0.4, -0.2) is 48.2 Å². The molecule has 0 saturated carbocycles. The number of urea groups is 1. The maximum Gasteiger partial charge on any atom is 0.325 e. The lowest BCUT2D eigenvalue weighted by atomic mass is 9.88. The Bertz CT molecular complexity index is 1050. The fraction of sp³-hybridized carbons (Fsp3) is 0.300. The highest BCUT2D eigenvalue weighted by molar-refractivity contribution is 7.89. The van der Waals surface area contributed by atoms with E-state index in [-0.39, 0.29) is 48.3 Å². The van der Waals surface area contributed by atoms with Gasteiger partial charge >= 0.3 is 6.03 Å². The van der Waals surface area contributed by atoms with Crippen LogP contribution in [0, 0.1) is 0 Å². The summed E-state index contributed by atoms with van der Waals surface area (Å²) in [7, 11) is -3.77. The van der Waals surface area contributed by atoms with Gasteiger partial charge in [0.05, 0.1) is 11.6 Å². The van der Waals surface area contributed by atoms with Crippen LogP contribution >= 0.6 is 11.6 Å². The molecule has 7 nitrogen and oxygen atoms in total. The Morgan fingerprint density at radius 2 is 1.59 bits per heavy atom. The lowest BCUT2D eigenvalue weighted by Gasteiger charge is -2.36. The number of hydrogen-bond donors (Lipinski definition) is 1. The fourth-order valence-electron chi connectivity index (χ4n) is 3.83. The van der Waals surface area contributed by atoms with Gasteiger partial charge in [-0.1, -0.05) is 54.1 Å². The lowest BCUT2D eigenvalue weighted by Crippen LogP contribution is -2.55. The zero-order chi connectivity index (χ0) is 20.6. The fourth-order valence-corrected chi connectivity index (χ4v) is 5.76. The summed E-state index contributed by atoms with van der Waals surface area (Å²) < 4.78 is 27.2. The zero-order valence-corrected chi connectivity index (χ0v) is 17.1. The second-order valence-electron chi connectivity index (χ2n) is 7.22. The van der Waals surface area contributed by atoms with Crippen LogP contribution in [0.5, 0.6) is 0 Å². The van der Waals surface area contributed by atoms with Crippen molar-refractivity contribution in [3.63, 3.8) is 0 Å². The molecule has 2 fully saturated rings. The van der Waals surface area contributed by atoms with E-state index in [1.54, 1.807) is 12.1 Å². The Morgan fingerprint density at radius 3 is 2.24 bits per heavy atom. The van der Waals surface area contributed by atoms with Crippen LogP contribution in [0.1, 0.15) is 18.4 Å². The third kappa shape index (κ3) is 3.52. The third-order valence-corrected chi connectivity index (χ3v) is 7.86. The molecule has 2 aromatic rings. The number of carbonyl (C=O) groups excluding carboxylic acids is 2. The van der Waals surface area contributed by atoms with Crippen molar-refractivity contribution in [2.24, 2.45) is 0 Å². The molecule has 2 aliphatic heterocycles. The average molecular weight is 434 g/mol. The Morgan fingerprint density at radius 1 is 0.966 bits per heavy atom. The van der Waals surface area contributed by atoms with Crippen molar-refractivity contribution in [1.29, 1.82) is 0 Å². The smallest absolute Gasteiger partial charge is 0.323 e. The molecule has 9 heteroatoms. The van der Waals surface area contributed by atoms with Gasteiger partial charge in [-0.15, -0.1) is 0 Å². The van der Waals surface area contributed by atoms with E-state index in [0.717, 1.165) is 5.56 Å². The molecule has 0 unspecified atom stereocenters. The van der Waals surface area contributed by atoms with Gasteiger partial charge in [0.25, 0.3) is 5.91 Å². The highest BCUT2D eigenvalue weighted by Crippen LogP contribution is 2.33. The number of hydrogen-bond acceptors (Lipinski definition) is 4. The van der Waals surface area contributed by atoms with E-state index in [9.17, 15) is 18.0 Å². The molecule has 1 N–H and O–H groups in total. The van der Waals surface area contributed by atoms with Gasteiger partial charge < -0.3 is 5.32 Å². The summed E-state index contributed by atoms with van der Waals surface area (Å²) in [6.07, 6.45) is 0.430. The summed E-state index contributed by atoms with van der Waals surface area (Å²) in [6.45, 7) is 0.437. The van der Waals surface area contributed by atoms with Crippen molar-refractivity contribution in [1.82, 2.24) is 14.5 Å². The highest BCUT2D eigenvalue weighted by Gasteiger charge is 2.53. The number of carbonyl (C=O) groups is 2. The Labute approximate surface area is 174 Å². The number of imide groups is 1. The van der Waals surface area contributed by atoms with Crippen LogP contribution in [0.15, 0.2) is 59.5 Å². The SMILES string of the molecule is O=C1NC2(CCN(S(=O)(=O)c3ccccc3Cl)CC2)C(=O)N1Cc1ccccc1. The summed E-state index contributed by atoms with van der Waals surface area (Å²) >= 11 is 6.06. The number of rotatable bonds is 4. The maximum absolute atomic E-state index is 13.0. The number of nitrogens with zero attached hydrogens (tertiary/aromatic N) is 2. The van der Waals surface area contributed by atoms with Gasteiger partial charge in [-0.2, -0.15) is 4.31 Å². The van der Waals surface area contributed by atoms with Crippen LogP contribution in [0.4, 0.5) is 4.79 Å². The number of piperidine rings is 1. The van der Waals surface area contributed by atoms with E-state index in [1.807, 2.05) is 30.3 Å². The van der Waals surface area contributed by atoms with Gasteiger partial charge in [0, 0.05) is 13.1 Å². The van der Waals surface area contributed by atoms with E-state index < -0.39 is 21.6 Å². The first kappa shape index (κ1) is 19.9. The van der Waals surface area contributed by atoms with Crippen molar-refractivity contribution >= 4 is 33.6 Å². The predicted molar refractivity (Wildman–Crippen MR) is 108 cm³/mol. The van der Waals surface area contributed by atoms with E-state index in [2.05, 4.69) is 5.32 Å². The number of halogens is 1. The Kier molecular flexibility index (Phi) is 5.10. The van der Waals surface area contributed by atoms with Gasteiger partial charge in [-0.05, 0) is 30.5 Å². The summed E-state index contributed by atoms with van der Waals surface area (Å²) in [5.74, 6) is -0.304. The van der Waals surface area contributed by atoms with E-state index in [0.29, 0.717) is 0 Å². The molecule has 3 amide bonds. The predicted octanol–water partition coefficient (Wildman–Crippen LogP) is 2.62. The number of sulfonamides is 1. The summed E-state index contributed by atoms with van der Waals surface area (Å²) in [5.41, 5.74) is -0.204. The summed E-state index contributed by atoms with van der Waals surface area (Å²) in [6, 6.07) is 15.1. The zero-order valence-electron chi connectivity index (χ0n) is 15.5. The van der Waals surface area contributed by atoms with Crippen molar-refractivity contribution in [2.75, 3.05) is 13.1 Å². The standard InChI is InChI=1S/C20H20ClN3O4S/c21-16-8-4-5-9-17(16)29(27,28)23-12-10-20(11-13-23)18(25)24(19(26)22-20)14-15-6-2-1-3-7-15/h1-9H,10-14H2,(H,22,26). The lowest BCUT2D eigenvalue weighted by molar-refractivity contribution is -0.133. The average Bonchev–Trinajstić information content (AvgIpc) is 2.93. The minimum atomic E-state index is -3.77. The normalized spacial score (nSPS) is 19.6.